The van der Waals surface area contributed by atoms with Crippen molar-refractivity contribution in [3.8, 4) is 0 Å². The monoisotopic (exact) mass is 256 g/mol. The number of aliphatic hydroxyl groups is 1. The molecule has 0 aromatic carbocycles. The van der Waals surface area contributed by atoms with Gasteiger partial charge in [-0.15, -0.1) is 11.3 Å². The van der Waals surface area contributed by atoms with Gasteiger partial charge in [0, 0.05) is 12.5 Å². The van der Waals surface area contributed by atoms with Gasteiger partial charge in [0.25, 0.3) is 5.91 Å². The maximum Gasteiger partial charge on any atom is 0.263 e. The molecule has 5 heteroatoms. The molecule has 1 heterocycles. The van der Waals surface area contributed by atoms with Crippen molar-refractivity contribution in [1.29, 1.82) is 0 Å². The molecule has 0 radical (unpaired) electrons. The summed E-state index contributed by atoms with van der Waals surface area (Å²) in [5, 5.41) is 12.6. The van der Waals surface area contributed by atoms with Gasteiger partial charge < -0.3 is 10.4 Å². The summed E-state index contributed by atoms with van der Waals surface area (Å²) < 4.78 is 0. The molecule has 1 atom stereocenters. The SMILES string of the molecule is Cc1nc(CC(C)C)sc1C(=O)NC(C)CO. The lowest BCUT2D eigenvalue weighted by Crippen LogP contribution is -2.34. The van der Waals surface area contributed by atoms with Gasteiger partial charge in [-0.2, -0.15) is 0 Å². The number of carbonyl (C=O) groups excluding carboxylic acids is 1. The van der Waals surface area contributed by atoms with Crippen molar-refractivity contribution in [3.05, 3.63) is 15.6 Å². The standard InChI is InChI=1S/C12H20N2O2S/c1-7(2)5-10-14-9(4)11(17-10)12(16)13-8(3)6-15/h7-8,15H,5-6H2,1-4H3,(H,13,16). The van der Waals surface area contributed by atoms with Crippen LogP contribution in [0.3, 0.4) is 0 Å². The summed E-state index contributed by atoms with van der Waals surface area (Å²) in [6.07, 6.45) is 0.897. The van der Waals surface area contributed by atoms with Crippen molar-refractivity contribution in [1.82, 2.24) is 10.3 Å². The summed E-state index contributed by atoms with van der Waals surface area (Å²) in [5.74, 6) is 0.393. The topological polar surface area (TPSA) is 62.2 Å². The van der Waals surface area contributed by atoms with Gasteiger partial charge in [0.2, 0.25) is 0 Å². The minimum atomic E-state index is -0.224. The second kappa shape index (κ2) is 6.12. The molecule has 0 saturated carbocycles. The van der Waals surface area contributed by atoms with Crippen molar-refractivity contribution in [3.63, 3.8) is 0 Å². The molecule has 1 rings (SSSR count). The highest BCUT2D eigenvalue weighted by molar-refractivity contribution is 7.13. The number of hydrogen-bond donors (Lipinski definition) is 2. The Kier molecular flexibility index (Phi) is 5.08. The zero-order valence-electron chi connectivity index (χ0n) is 10.8. The molecule has 0 bridgehead atoms. The molecular weight excluding hydrogens is 236 g/mol. The molecule has 0 spiro atoms. The van der Waals surface area contributed by atoms with Crippen LogP contribution in [0.25, 0.3) is 0 Å². The Morgan fingerprint density at radius 2 is 2.12 bits per heavy atom. The first-order valence-electron chi connectivity index (χ1n) is 5.82. The van der Waals surface area contributed by atoms with E-state index in [-0.39, 0.29) is 18.6 Å². The minimum Gasteiger partial charge on any atom is -0.394 e. The van der Waals surface area contributed by atoms with Crippen LogP contribution in [0.1, 0.15) is 41.1 Å². The first-order chi connectivity index (χ1) is 7.93. The van der Waals surface area contributed by atoms with E-state index in [1.54, 1.807) is 6.92 Å². The lowest BCUT2D eigenvalue weighted by Gasteiger charge is -2.09. The smallest absolute Gasteiger partial charge is 0.263 e. The number of rotatable bonds is 5. The third-order valence-corrected chi connectivity index (χ3v) is 3.46. The van der Waals surface area contributed by atoms with Gasteiger partial charge in [-0.1, -0.05) is 13.8 Å². The number of aromatic nitrogens is 1. The number of hydrogen-bond acceptors (Lipinski definition) is 4. The van der Waals surface area contributed by atoms with Crippen LogP contribution in [0.4, 0.5) is 0 Å². The fourth-order valence-corrected chi connectivity index (χ4v) is 2.61. The van der Waals surface area contributed by atoms with Crippen molar-refractivity contribution in [2.45, 2.75) is 40.2 Å². The Balaban J connectivity index is 2.76. The molecule has 0 aliphatic heterocycles. The van der Waals surface area contributed by atoms with Crippen LogP contribution in [0.5, 0.6) is 0 Å². The van der Waals surface area contributed by atoms with Gasteiger partial charge in [-0.05, 0) is 19.8 Å². The summed E-state index contributed by atoms with van der Waals surface area (Å²) in [4.78, 5) is 16.9. The lowest BCUT2D eigenvalue weighted by molar-refractivity contribution is 0.0925. The van der Waals surface area contributed by atoms with E-state index in [0.717, 1.165) is 17.1 Å². The maximum absolute atomic E-state index is 11.9. The number of thiazole rings is 1. The van der Waals surface area contributed by atoms with Gasteiger partial charge in [-0.3, -0.25) is 4.79 Å². The third kappa shape index (κ3) is 4.09. The van der Waals surface area contributed by atoms with Crippen molar-refractivity contribution in [2.75, 3.05) is 6.61 Å². The van der Waals surface area contributed by atoms with Crippen LogP contribution >= 0.6 is 11.3 Å². The summed E-state index contributed by atoms with van der Waals surface area (Å²) in [5.41, 5.74) is 0.772. The molecule has 96 valence electrons. The third-order valence-electron chi connectivity index (χ3n) is 2.28. The minimum absolute atomic E-state index is 0.0531. The quantitative estimate of drug-likeness (QED) is 0.844. The molecule has 0 aliphatic carbocycles. The van der Waals surface area contributed by atoms with E-state index in [9.17, 15) is 4.79 Å². The molecule has 1 unspecified atom stereocenters. The average Bonchev–Trinajstić information content (AvgIpc) is 2.58. The summed E-state index contributed by atoms with van der Waals surface area (Å²) in [6, 6.07) is -0.224. The summed E-state index contributed by atoms with van der Waals surface area (Å²) >= 11 is 1.44. The molecule has 4 nitrogen and oxygen atoms in total. The summed E-state index contributed by atoms with van der Waals surface area (Å²) in [6.45, 7) is 7.82. The zero-order chi connectivity index (χ0) is 13.0. The second-order valence-electron chi connectivity index (χ2n) is 4.68. The Labute approximate surface area is 106 Å². The largest absolute Gasteiger partial charge is 0.394 e. The highest BCUT2D eigenvalue weighted by atomic mass is 32.1. The predicted octanol–water partition coefficient (Wildman–Crippen LogP) is 1.76. The van der Waals surface area contributed by atoms with E-state index >= 15 is 0 Å². The number of nitrogens with one attached hydrogen (secondary N) is 1. The number of carbonyl (C=O) groups is 1. The van der Waals surface area contributed by atoms with Crippen LogP contribution in [-0.2, 0) is 6.42 Å². The molecule has 1 aromatic heterocycles. The average molecular weight is 256 g/mol. The van der Waals surface area contributed by atoms with Crippen molar-refractivity contribution in [2.24, 2.45) is 5.92 Å². The van der Waals surface area contributed by atoms with E-state index < -0.39 is 0 Å². The molecule has 1 aromatic rings. The van der Waals surface area contributed by atoms with Gasteiger partial charge in [0.05, 0.1) is 17.3 Å². The van der Waals surface area contributed by atoms with Crippen LogP contribution in [-0.4, -0.2) is 28.6 Å². The molecule has 0 saturated heterocycles. The van der Waals surface area contributed by atoms with Crippen molar-refractivity contribution < 1.29 is 9.90 Å². The number of aryl methyl sites for hydroxylation is 1. The van der Waals surface area contributed by atoms with E-state index in [1.165, 1.54) is 11.3 Å². The fraction of sp³-hybridized carbons (Fsp3) is 0.667. The predicted molar refractivity (Wildman–Crippen MR) is 69.4 cm³/mol. The Bertz CT molecular complexity index is 388. The van der Waals surface area contributed by atoms with E-state index in [0.29, 0.717) is 10.8 Å². The molecule has 0 aliphatic rings. The van der Waals surface area contributed by atoms with E-state index in [4.69, 9.17) is 5.11 Å². The second-order valence-corrected chi connectivity index (χ2v) is 5.76. The van der Waals surface area contributed by atoms with Gasteiger partial charge >= 0.3 is 0 Å². The molecule has 0 fully saturated rings. The highest BCUT2D eigenvalue weighted by Crippen LogP contribution is 2.20. The fourth-order valence-electron chi connectivity index (χ4n) is 1.43. The number of amides is 1. The van der Waals surface area contributed by atoms with Gasteiger partial charge in [0.15, 0.2) is 0 Å². The van der Waals surface area contributed by atoms with Crippen molar-refractivity contribution >= 4 is 17.2 Å². The van der Waals surface area contributed by atoms with Crippen LogP contribution < -0.4 is 5.32 Å². The Morgan fingerprint density at radius 3 is 2.65 bits per heavy atom. The molecular formula is C12H20N2O2S. The summed E-state index contributed by atoms with van der Waals surface area (Å²) in [7, 11) is 0. The molecule has 2 N–H and O–H groups in total. The number of nitrogens with zero attached hydrogens (tertiary/aromatic N) is 1. The van der Waals surface area contributed by atoms with Crippen LogP contribution in [0.15, 0.2) is 0 Å². The van der Waals surface area contributed by atoms with Gasteiger partial charge in [-0.25, -0.2) is 4.98 Å². The zero-order valence-corrected chi connectivity index (χ0v) is 11.6. The molecule has 1 amide bonds. The lowest BCUT2D eigenvalue weighted by atomic mass is 10.1. The van der Waals surface area contributed by atoms with Crippen LogP contribution in [0, 0.1) is 12.8 Å². The van der Waals surface area contributed by atoms with Gasteiger partial charge in [0.1, 0.15) is 4.88 Å². The first kappa shape index (κ1) is 14.1. The normalized spacial score (nSPS) is 12.8. The van der Waals surface area contributed by atoms with E-state index in [2.05, 4.69) is 24.1 Å². The number of aliphatic hydroxyl groups excluding tert-OH is 1. The maximum atomic E-state index is 11.9. The van der Waals surface area contributed by atoms with Crippen LogP contribution in [0.2, 0.25) is 0 Å². The first-order valence-corrected chi connectivity index (χ1v) is 6.63. The highest BCUT2D eigenvalue weighted by Gasteiger charge is 2.17. The van der Waals surface area contributed by atoms with E-state index in [1.807, 2.05) is 6.92 Å². The Hall–Kier alpha value is -0.940. The Morgan fingerprint density at radius 1 is 1.47 bits per heavy atom. The molecule has 17 heavy (non-hydrogen) atoms.